The lowest BCUT2D eigenvalue weighted by atomic mass is 9.66. The number of hydrogen-bond acceptors (Lipinski definition) is 2. The number of carbonyl (C=O) groups excluding carboxylic acids is 1. The van der Waals surface area contributed by atoms with Crippen LogP contribution in [0.1, 0.15) is 57.8 Å². The highest BCUT2D eigenvalue weighted by Crippen LogP contribution is 2.46. The molecule has 0 aromatic rings. The van der Waals surface area contributed by atoms with Gasteiger partial charge in [0.1, 0.15) is 0 Å². The second-order valence-corrected chi connectivity index (χ2v) is 6.63. The van der Waals surface area contributed by atoms with E-state index in [1.165, 1.54) is 51.5 Å². The van der Waals surface area contributed by atoms with E-state index in [-0.39, 0.29) is 5.91 Å². The van der Waals surface area contributed by atoms with Gasteiger partial charge in [0.15, 0.2) is 0 Å². The van der Waals surface area contributed by atoms with Crippen molar-refractivity contribution in [1.29, 1.82) is 0 Å². The third-order valence-electron chi connectivity index (χ3n) is 5.25. The first-order chi connectivity index (χ1) is 8.78. The van der Waals surface area contributed by atoms with Gasteiger partial charge in [-0.1, -0.05) is 19.3 Å². The van der Waals surface area contributed by atoms with Crippen LogP contribution in [-0.2, 0) is 4.79 Å². The SMILES string of the molecule is O=C(CCC1CNCC12CCCCC2)NC1CC1. The van der Waals surface area contributed by atoms with Crippen LogP contribution in [0.15, 0.2) is 0 Å². The first-order valence-corrected chi connectivity index (χ1v) is 7.79. The lowest BCUT2D eigenvalue weighted by Crippen LogP contribution is -2.33. The van der Waals surface area contributed by atoms with E-state index in [0.29, 0.717) is 11.5 Å². The highest BCUT2D eigenvalue weighted by atomic mass is 16.1. The molecule has 2 N–H and O–H groups in total. The minimum Gasteiger partial charge on any atom is -0.353 e. The summed E-state index contributed by atoms with van der Waals surface area (Å²) in [6.07, 6.45) is 11.2. The molecule has 0 bridgehead atoms. The number of rotatable bonds is 4. The summed E-state index contributed by atoms with van der Waals surface area (Å²) in [4.78, 5) is 11.8. The molecule has 3 aliphatic rings. The maximum Gasteiger partial charge on any atom is 0.220 e. The fourth-order valence-corrected chi connectivity index (χ4v) is 3.94. The van der Waals surface area contributed by atoms with Gasteiger partial charge in [-0.15, -0.1) is 0 Å². The Morgan fingerprint density at radius 1 is 1.22 bits per heavy atom. The molecule has 1 aliphatic heterocycles. The zero-order valence-corrected chi connectivity index (χ0v) is 11.3. The van der Waals surface area contributed by atoms with Crippen LogP contribution in [0.3, 0.4) is 0 Å². The van der Waals surface area contributed by atoms with Crippen molar-refractivity contribution >= 4 is 5.91 Å². The molecule has 18 heavy (non-hydrogen) atoms. The topological polar surface area (TPSA) is 41.1 Å². The van der Waals surface area contributed by atoms with E-state index in [1.54, 1.807) is 0 Å². The first-order valence-electron chi connectivity index (χ1n) is 7.79. The van der Waals surface area contributed by atoms with Crippen LogP contribution in [0.5, 0.6) is 0 Å². The molecular weight excluding hydrogens is 224 g/mol. The molecule has 1 heterocycles. The monoisotopic (exact) mass is 250 g/mol. The summed E-state index contributed by atoms with van der Waals surface area (Å²) >= 11 is 0. The van der Waals surface area contributed by atoms with Gasteiger partial charge in [0.25, 0.3) is 0 Å². The standard InChI is InChI=1S/C15H26N2O/c18-14(17-13-5-6-13)7-4-12-10-16-11-15(12)8-2-1-3-9-15/h12-13,16H,1-11H2,(H,17,18). The summed E-state index contributed by atoms with van der Waals surface area (Å²) in [6.45, 7) is 2.33. The molecule has 1 atom stereocenters. The van der Waals surface area contributed by atoms with E-state index in [9.17, 15) is 4.79 Å². The molecule has 1 unspecified atom stereocenters. The fourth-order valence-electron chi connectivity index (χ4n) is 3.94. The zero-order valence-electron chi connectivity index (χ0n) is 11.3. The Hall–Kier alpha value is -0.570. The van der Waals surface area contributed by atoms with Gasteiger partial charge in [0, 0.05) is 19.0 Å². The van der Waals surface area contributed by atoms with Crippen molar-refractivity contribution in [1.82, 2.24) is 10.6 Å². The zero-order chi connectivity index (χ0) is 12.4. The van der Waals surface area contributed by atoms with Crippen molar-refractivity contribution < 1.29 is 4.79 Å². The Morgan fingerprint density at radius 3 is 2.72 bits per heavy atom. The maximum atomic E-state index is 11.8. The Bertz CT molecular complexity index is 306. The molecule has 1 spiro atoms. The molecule has 0 aromatic heterocycles. The van der Waals surface area contributed by atoms with Crippen LogP contribution >= 0.6 is 0 Å². The second kappa shape index (κ2) is 5.20. The second-order valence-electron chi connectivity index (χ2n) is 6.63. The molecule has 0 aromatic carbocycles. The highest BCUT2D eigenvalue weighted by molar-refractivity contribution is 5.76. The molecule has 102 valence electrons. The normalized spacial score (nSPS) is 30.6. The highest BCUT2D eigenvalue weighted by Gasteiger charge is 2.42. The van der Waals surface area contributed by atoms with E-state index in [0.717, 1.165) is 25.3 Å². The van der Waals surface area contributed by atoms with Gasteiger partial charge < -0.3 is 10.6 Å². The van der Waals surface area contributed by atoms with Crippen molar-refractivity contribution in [2.24, 2.45) is 11.3 Å². The Labute approximate surface area is 110 Å². The van der Waals surface area contributed by atoms with Crippen molar-refractivity contribution in [2.75, 3.05) is 13.1 Å². The van der Waals surface area contributed by atoms with Gasteiger partial charge in [-0.25, -0.2) is 0 Å². The van der Waals surface area contributed by atoms with Crippen LogP contribution in [0.25, 0.3) is 0 Å². The van der Waals surface area contributed by atoms with Gasteiger partial charge in [0.2, 0.25) is 5.91 Å². The van der Waals surface area contributed by atoms with Crippen molar-refractivity contribution in [2.45, 2.75) is 63.8 Å². The summed E-state index contributed by atoms with van der Waals surface area (Å²) in [6, 6.07) is 0.517. The van der Waals surface area contributed by atoms with Gasteiger partial charge in [-0.05, 0) is 50.0 Å². The fraction of sp³-hybridized carbons (Fsp3) is 0.933. The van der Waals surface area contributed by atoms with E-state index >= 15 is 0 Å². The summed E-state index contributed by atoms with van der Waals surface area (Å²) < 4.78 is 0. The largest absolute Gasteiger partial charge is 0.353 e. The third-order valence-corrected chi connectivity index (χ3v) is 5.25. The molecule has 3 heteroatoms. The number of nitrogens with one attached hydrogen (secondary N) is 2. The summed E-state index contributed by atoms with van der Waals surface area (Å²) in [5.41, 5.74) is 0.540. The predicted octanol–water partition coefficient (Wildman–Crippen LogP) is 2.22. The summed E-state index contributed by atoms with van der Waals surface area (Å²) in [7, 11) is 0. The van der Waals surface area contributed by atoms with Crippen LogP contribution in [0, 0.1) is 11.3 Å². The number of amides is 1. The van der Waals surface area contributed by atoms with Crippen LogP contribution < -0.4 is 10.6 Å². The average molecular weight is 250 g/mol. The molecule has 2 aliphatic carbocycles. The van der Waals surface area contributed by atoms with E-state index < -0.39 is 0 Å². The van der Waals surface area contributed by atoms with Crippen molar-refractivity contribution in [3.05, 3.63) is 0 Å². The first kappa shape index (κ1) is 12.5. The van der Waals surface area contributed by atoms with Crippen molar-refractivity contribution in [3.8, 4) is 0 Å². The summed E-state index contributed by atoms with van der Waals surface area (Å²) in [5.74, 6) is 1.03. The maximum absolute atomic E-state index is 11.8. The van der Waals surface area contributed by atoms with Crippen LogP contribution in [0.2, 0.25) is 0 Å². The van der Waals surface area contributed by atoms with Gasteiger partial charge in [-0.2, -0.15) is 0 Å². The molecule has 0 radical (unpaired) electrons. The average Bonchev–Trinajstić information content (AvgIpc) is 3.11. The molecular formula is C15H26N2O. The van der Waals surface area contributed by atoms with E-state index in [1.807, 2.05) is 0 Å². The third kappa shape index (κ3) is 2.71. The van der Waals surface area contributed by atoms with Gasteiger partial charge in [0.05, 0.1) is 0 Å². The Kier molecular flexibility index (Phi) is 3.60. The van der Waals surface area contributed by atoms with Crippen LogP contribution in [-0.4, -0.2) is 25.0 Å². The molecule has 3 rings (SSSR count). The lowest BCUT2D eigenvalue weighted by Gasteiger charge is -2.38. The lowest BCUT2D eigenvalue weighted by molar-refractivity contribution is -0.121. The minimum atomic E-state index is 0.287. The molecule has 1 amide bonds. The van der Waals surface area contributed by atoms with E-state index in [4.69, 9.17) is 0 Å². The van der Waals surface area contributed by atoms with Crippen molar-refractivity contribution in [3.63, 3.8) is 0 Å². The predicted molar refractivity (Wildman–Crippen MR) is 72.3 cm³/mol. The smallest absolute Gasteiger partial charge is 0.220 e. The number of carbonyl (C=O) groups is 1. The molecule has 3 fully saturated rings. The van der Waals surface area contributed by atoms with Gasteiger partial charge in [-0.3, -0.25) is 4.79 Å². The molecule has 3 nitrogen and oxygen atoms in total. The molecule has 1 saturated heterocycles. The van der Waals surface area contributed by atoms with Gasteiger partial charge >= 0.3 is 0 Å². The minimum absolute atomic E-state index is 0.287. The molecule has 2 saturated carbocycles. The number of hydrogen-bond donors (Lipinski definition) is 2. The summed E-state index contributed by atoms with van der Waals surface area (Å²) in [5, 5.41) is 6.69. The Balaban J connectivity index is 1.49. The quantitative estimate of drug-likeness (QED) is 0.803. The Morgan fingerprint density at radius 2 is 2.00 bits per heavy atom. The van der Waals surface area contributed by atoms with Crippen LogP contribution in [0.4, 0.5) is 0 Å². The van der Waals surface area contributed by atoms with E-state index in [2.05, 4.69) is 10.6 Å².